The summed E-state index contributed by atoms with van der Waals surface area (Å²) in [5.41, 5.74) is 2.27. The molecule has 43 heavy (non-hydrogen) atoms. The van der Waals surface area contributed by atoms with Gasteiger partial charge in [0.25, 0.3) is 0 Å². The lowest BCUT2D eigenvalue weighted by molar-refractivity contribution is 0.0736. The van der Waals surface area contributed by atoms with Gasteiger partial charge in [-0.2, -0.15) is 5.10 Å². The van der Waals surface area contributed by atoms with E-state index >= 15 is 0 Å². The largest absolute Gasteiger partial charge is 0.291 e. The van der Waals surface area contributed by atoms with Crippen molar-refractivity contribution in [2.75, 3.05) is 0 Å². The van der Waals surface area contributed by atoms with E-state index in [-0.39, 0.29) is 29.4 Å². The molecule has 3 aliphatic carbocycles. The molecule has 0 N–H and O–H groups in total. The molecule has 1 unspecified atom stereocenters. The molecule has 0 amide bonds. The quantitative estimate of drug-likeness (QED) is 0.142. The van der Waals surface area contributed by atoms with Crippen LogP contribution in [-0.2, 0) is 16.1 Å². The van der Waals surface area contributed by atoms with Gasteiger partial charge in [0.1, 0.15) is 22.5 Å². The minimum absolute atomic E-state index is 0.0520. The normalized spacial score (nSPS) is 22.8. The molecular formula is C32H28ClF2N5O2S. The summed E-state index contributed by atoms with van der Waals surface area (Å²) >= 11 is 6.01. The Morgan fingerprint density at radius 3 is 2.51 bits per heavy atom. The van der Waals surface area contributed by atoms with E-state index in [2.05, 4.69) is 20.9 Å². The van der Waals surface area contributed by atoms with Crippen LogP contribution in [0.25, 0.3) is 11.8 Å². The minimum Gasteiger partial charge on any atom is -0.291 e. The summed E-state index contributed by atoms with van der Waals surface area (Å²) in [6.45, 7) is 0. The number of halogens is 3. The van der Waals surface area contributed by atoms with E-state index in [0.717, 1.165) is 29.7 Å². The number of hydrogen-bond acceptors (Lipinski definition) is 5. The lowest BCUT2D eigenvalue weighted by Gasteiger charge is -2.47. The number of hydrogen-bond donors (Lipinski definition) is 0. The minimum atomic E-state index is -2.95. The number of benzene rings is 1. The van der Waals surface area contributed by atoms with Crippen LogP contribution >= 0.6 is 11.6 Å². The number of pyridine rings is 2. The van der Waals surface area contributed by atoms with Crippen LogP contribution in [0.15, 0.2) is 77.6 Å². The molecule has 220 valence electrons. The van der Waals surface area contributed by atoms with E-state index < -0.39 is 20.9 Å². The van der Waals surface area contributed by atoms with Gasteiger partial charge in [-0.25, -0.2) is 27.0 Å². The average molecular weight is 620 g/mol. The van der Waals surface area contributed by atoms with Crippen molar-refractivity contribution in [1.82, 2.24) is 24.1 Å². The van der Waals surface area contributed by atoms with Crippen LogP contribution in [-0.4, -0.2) is 52.0 Å². The molecule has 2 saturated carbocycles. The number of fused-ring (bicyclic) bond motifs is 2. The lowest BCUT2D eigenvalue weighted by atomic mass is 9.60. The number of rotatable bonds is 7. The molecule has 2 fully saturated rings. The molecule has 7 nitrogen and oxygen atoms in total. The Kier molecular flexibility index (Phi) is 6.83. The first-order valence-electron chi connectivity index (χ1n) is 14.1. The van der Waals surface area contributed by atoms with Crippen molar-refractivity contribution >= 4 is 39.0 Å². The van der Waals surface area contributed by atoms with Crippen LogP contribution in [0.2, 0.25) is 5.15 Å². The molecule has 0 radical (unpaired) electrons. The maximum Gasteiger partial charge on any atom is 0.191 e. The fourth-order valence-electron chi connectivity index (χ4n) is 6.64. The van der Waals surface area contributed by atoms with Crippen molar-refractivity contribution in [2.24, 2.45) is 5.41 Å². The van der Waals surface area contributed by atoms with Gasteiger partial charge in [0.05, 0.1) is 37.6 Å². The fraction of sp³-hybridized carbons (Fsp3) is 0.281. The second-order valence-electron chi connectivity index (χ2n) is 11.5. The Balaban J connectivity index is 1.32. The van der Waals surface area contributed by atoms with Gasteiger partial charge in [-0.3, -0.25) is 9.78 Å². The molecule has 3 aliphatic rings. The highest BCUT2D eigenvalue weighted by molar-refractivity contribution is 7.98. The van der Waals surface area contributed by atoms with E-state index in [4.69, 9.17) is 11.6 Å². The number of carbonyl (C=O) groups excluding carboxylic acids is 1. The standard InChI is InChI=1S/C32H28ClF2N5O2S/c1-43(42,27-10-11-30(33)37-19-27)40(25-8-9-25)26-5-2-21-14-29-20(18-38-39(29)24-6-3-22(34)4-7-24)16-32(21,17-26)31(41)28-15-23(35)12-13-36-28/h3-4,6-7,10-15,18-19,25-26H,1-2,5,8-9,16-17H2/t26-,32-,43?/m0/s1. The maximum absolute atomic E-state index is 14.5. The summed E-state index contributed by atoms with van der Waals surface area (Å²) in [4.78, 5) is 23.4. The summed E-state index contributed by atoms with van der Waals surface area (Å²) in [5.74, 6) is 3.04. The van der Waals surface area contributed by atoms with Crippen LogP contribution in [0, 0.1) is 17.0 Å². The second kappa shape index (κ2) is 10.5. The number of Topliss-reactive ketones (excluding diaryl/α,β-unsaturated/α-hetero) is 1. The zero-order valence-corrected chi connectivity index (χ0v) is 24.7. The van der Waals surface area contributed by atoms with Crippen molar-refractivity contribution in [3.63, 3.8) is 0 Å². The van der Waals surface area contributed by atoms with E-state index in [1.165, 1.54) is 36.7 Å². The summed E-state index contributed by atoms with van der Waals surface area (Å²) in [5, 5.41) is 4.89. The number of carbonyl (C=O) groups is 1. The summed E-state index contributed by atoms with van der Waals surface area (Å²) in [7, 11) is -2.95. The predicted octanol–water partition coefficient (Wildman–Crippen LogP) is 6.11. The number of allylic oxidation sites excluding steroid dienone is 1. The fourth-order valence-corrected chi connectivity index (χ4v) is 8.85. The van der Waals surface area contributed by atoms with Crippen LogP contribution in [0.1, 0.15) is 53.8 Å². The molecule has 1 aromatic carbocycles. The van der Waals surface area contributed by atoms with Gasteiger partial charge >= 0.3 is 0 Å². The van der Waals surface area contributed by atoms with Crippen molar-refractivity contribution in [3.8, 4) is 5.69 Å². The van der Waals surface area contributed by atoms with Crippen LogP contribution in [0.5, 0.6) is 0 Å². The highest BCUT2D eigenvalue weighted by Gasteiger charge is 2.53. The molecule has 0 spiro atoms. The third-order valence-corrected chi connectivity index (χ3v) is 11.3. The smallest absolute Gasteiger partial charge is 0.191 e. The Morgan fingerprint density at radius 2 is 1.81 bits per heavy atom. The topological polar surface area (TPSA) is 81.0 Å². The van der Waals surface area contributed by atoms with Crippen molar-refractivity contribution in [3.05, 3.63) is 106 Å². The van der Waals surface area contributed by atoms with Crippen molar-refractivity contribution in [1.29, 1.82) is 0 Å². The van der Waals surface area contributed by atoms with E-state index in [1.54, 1.807) is 35.1 Å². The first kappa shape index (κ1) is 28.1. The van der Waals surface area contributed by atoms with Gasteiger partial charge in [0.15, 0.2) is 5.78 Å². The van der Waals surface area contributed by atoms with Crippen LogP contribution in [0.3, 0.4) is 0 Å². The van der Waals surface area contributed by atoms with E-state index in [9.17, 15) is 17.8 Å². The van der Waals surface area contributed by atoms with Gasteiger partial charge in [-0.1, -0.05) is 17.2 Å². The van der Waals surface area contributed by atoms with Crippen molar-refractivity contribution in [2.45, 2.75) is 55.5 Å². The SMILES string of the molecule is C=S(=O)(c1ccc(Cl)nc1)N(C1CC1)[C@H]1CCC2=Cc3c(cnn3-c3ccc(F)cc3)C[C@]2(C(=O)c2cc(F)ccn2)C1. The number of aromatic nitrogens is 4. The van der Waals surface area contributed by atoms with Gasteiger partial charge < -0.3 is 0 Å². The molecule has 3 heterocycles. The Morgan fingerprint density at radius 1 is 1.02 bits per heavy atom. The van der Waals surface area contributed by atoms with Crippen LogP contribution < -0.4 is 0 Å². The Hall–Kier alpha value is -3.73. The zero-order chi connectivity index (χ0) is 29.9. The summed E-state index contributed by atoms with van der Waals surface area (Å²) in [6, 6.07) is 11.6. The number of ketones is 1. The van der Waals surface area contributed by atoms with E-state index in [0.29, 0.717) is 41.4 Å². The third kappa shape index (κ3) is 4.91. The molecule has 0 aliphatic heterocycles. The molecule has 3 atom stereocenters. The van der Waals surface area contributed by atoms with Gasteiger partial charge in [-0.15, -0.1) is 0 Å². The maximum atomic E-state index is 14.5. The zero-order valence-electron chi connectivity index (χ0n) is 23.1. The Bertz CT molecular complexity index is 1870. The molecule has 3 aromatic heterocycles. The average Bonchev–Trinajstić information content (AvgIpc) is 3.74. The third-order valence-electron chi connectivity index (χ3n) is 8.77. The monoisotopic (exact) mass is 619 g/mol. The number of nitrogens with zero attached hydrogens (tertiary/aromatic N) is 5. The van der Waals surface area contributed by atoms with Gasteiger partial charge in [-0.05, 0) is 98.5 Å². The van der Waals surface area contributed by atoms with Crippen LogP contribution in [0.4, 0.5) is 8.78 Å². The van der Waals surface area contributed by atoms with Gasteiger partial charge in [0, 0.05) is 30.5 Å². The predicted molar refractivity (Wildman–Crippen MR) is 161 cm³/mol. The first-order valence-corrected chi connectivity index (χ1v) is 16.2. The highest BCUT2D eigenvalue weighted by atomic mass is 35.5. The van der Waals surface area contributed by atoms with Gasteiger partial charge in [0.2, 0.25) is 0 Å². The molecule has 4 aromatic rings. The molecule has 11 heteroatoms. The summed E-state index contributed by atoms with van der Waals surface area (Å²) in [6.07, 6.45) is 10.2. The molecular weight excluding hydrogens is 592 g/mol. The lowest BCUT2D eigenvalue weighted by Crippen LogP contribution is -2.51. The van der Waals surface area contributed by atoms with Crippen molar-refractivity contribution < 1.29 is 17.8 Å². The molecule has 0 saturated heterocycles. The highest BCUT2D eigenvalue weighted by Crippen LogP contribution is 2.52. The molecule has 7 rings (SSSR count). The Labute approximate surface area is 253 Å². The second-order valence-corrected chi connectivity index (χ2v) is 14.1. The first-order chi connectivity index (χ1) is 20.7. The van der Waals surface area contributed by atoms with E-state index in [1.807, 2.05) is 10.4 Å². The molecule has 0 bridgehead atoms. The summed E-state index contributed by atoms with van der Waals surface area (Å²) < 4.78 is 46.2.